The Morgan fingerprint density at radius 3 is 2.59 bits per heavy atom. The monoisotopic (exact) mass is 487 g/mol. The van der Waals surface area contributed by atoms with E-state index in [2.05, 4.69) is 27.4 Å². The molecule has 0 unspecified atom stereocenters. The average molecular weight is 487 g/mol. The minimum Gasteiger partial charge on any atom is -0.352 e. The van der Waals surface area contributed by atoms with Gasteiger partial charge in [0.1, 0.15) is 0 Å². The van der Waals surface area contributed by atoms with Crippen LogP contribution in [0.5, 0.6) is 0 Å². The second-order valence-corrected chi connectivity index (χ2v) is 7.33. The largest absolute Gasteiger partial charge is 0.352 e. The van der Waals surface area contributed by atoms with Crippen LogP contribution in [0.4, 0.5) is 0 Å². The van der Waals surface area contributed by atoms with E-state index in [9.17, 15) is 4.79 Å². The Balaban J connectivity index is 0.00000364. The predicted molar refractivity (Wildman–Crippen MR) is 123 cm³/mol. The van der Waals surface area contributed by atoms with Gasteiger partial charge in [0.2, 0.25) is 0 Å². The van der Waals surface area contributed by atoms with Gasteiger partial charge in [-0.15, -0.1) is 24.0 Å². The van der Waals surface area contributed by atoms with Crippen molar-refractivity contribution in [1.29, 1.82) is 0 Å². The molecule has 2 rings (SSSR count). The Kier molecular flexibility index (Phi) is 10.7. The van der Waals surface area contributed by atoms with Crippen molar-refractivity contribution >= 4 is 35.8 Å². The number of aliphatic imine (C=N–C) groups is 1. The van der Waals surface area contributed by atoms with Gasteiger partial charge in [0.15, 0.2) is 5.96 Å². The summed E-state index contributed by atoms with van der Waals surface area (Å²) in [5.74, 6) is 1.72. The molecule has 1 aromatic carbocycles. The molecule has 0 aromatic heterocycles. The zero-order chi connectivity index (χ0) is 18.9. The normalized spacial score (nSPS) is 15.4. The van der Waals surface area contributed by atoms with Crippen LogP contribution in [-0.4, -0.2) is 69.0 Å². The summed E-state index contributed by atoms with van der Waals surface area (Å²) in [6.45, 7) is 6.55. The third-order valence-corrected chi connectivity index (χ3v) is 4.78. The molecule has 1 heterocycles. The van der Waals surface area contributed by atoms with Gasteiger partial charge in [0, 0.05) is 45.3 Å². The quantitative estimate of drug-likeness (QED) is 0.368. The van der Waals surface area contributed by atoms with Gasteiger partial charge >= 0.3 is 0 Å². The number of nitrogens with one attached hydrogen (secondary N) is 2. The first-order valence-electron chi connectivity index (χ1n) is 9.47. The van der Waals surface area contributed by atoms with Gasteiger partial charge in [-0.1, -0.05) is 19.1 Å². The van der Waals surface area contributed by atoms with Crippen molar-refractivity contribution in [1.82, 2.24) is 20.4 Å². The maximum atomic E-state index is 12.3. The summed E-state index contributed by atoms with van der Waals surface area (Å²) in [4.78, 5) is 21.0. The standard InChI is InChI=1S/C20H33N5O.HI/c1-16-8-11-25(12-9-16)20(21-2)23-15-17-6-5-7-18(14-17)19(26)22-10-13-24(3)4;/h5-7,14,16H,8-13,15H2,1-4H3,(H,21,23)(H,22,26);1H. The highest BCUT2D eigenvalue weighted by Crippen LogP contribution is 2.16. The Hall–Kier alpha value is -1.35. The first-order chi connectivity index (χ1) is 12.5. The second kappa shape index (κ2) is 12.2. The van der Waals surface area contributed by atoms with E-state index in [0.29, 0.717) is 18.7 Å². The summed E-state index contributed by atoms with van der Waals surface area (Å²) in [6.07, 6.45) is 2.42. The number of guanidine groups is 1. The summed E-state index contributed by atoms with van der Waals surface area (Å²) >= 11 is 0. The lowest BCUT2D eigenvalue weighted by atomic mass is 9.99. The van der Waals surface area contributed by atoms with Crippen LogP contribution in [0.2, 0.25) is 0 Å². The molecule has 1 fully saturated rings. The van der Waals surface area contributed by atoms with Crippen molar-refractivity contribution in [2.45, 2.75) is 26.3 Å². The molecular weight excluding hydrogens is 453 g/mol. The first kappa shape index (κ1) is 23.7. The fourth-order valence-corrected chi connectivity index (χ4v) is 3.05. The van der Waals surface area contributed by atoms with Crippen LogP contribution >= 0.6 is 24.0 Å². The Labute approximate surface area is 180 Å². The molecule has 1 amide bonds. The lowest BCUT2D eigenvalue weighted by Crippen LogP contribution is -2.45. The van der Waals surface area contributed by atoms with Gasteiger partial charge in [0.25, 0.3) is 5.91 Å². The molecule has 0 saturated carbocycles. The lowest BCUT2D eigenvalue weighted by Gasteiger charge is -2.32. The third kappa shape index (κ3) is 8.04. The van der Waals surface area contributed by atoms with E-state index in [1.807, 2.05) is 50.3 Å². The van der Waals surface area contributed by atoms with Crippen LogP contribution in [0.3, 0.4) is 0 Å². The molecule has 0 aliphatic carbocycles. The zero-order valence-electron chi connectivity index (χ0n) is 17.0. The maximum absolute atomic E-state index is 12.3. The van der Waals surface area contributed by atoms with E-state index in [1.165, 1.54) is 12.8 Å². The van der Waals surface area contributed by atoms with E-state index >= 15 is 0 Å². The molecule has 152 valence electrons. The van der Waals surface area contributed by atoms with Crippen molar-refractivity contribution in [3.8, 4) is 0 Å². The molecule has 1 saturated heterocycles. The number of likely N-dealkylation sites (N-methyl/N-ethyl adjacent to an activating group) is 1. The van der Waals surface area contributed by atoms with E-state index in [-0.39, 0.29) is 29.9 Å². The summed E-state index contributed by atoms with van der Waals surface area (Å²) in [6, 6.07) is 7.78. The highest BCUT2D eigenvalue weighted by Gasteiger charge is 2.18. The molecule has 1 aliphatic heterocycles. The van der Waals surface area contributed by atoms with Crippen LogP contribution in [0.1, 0.15) is 35.7 Å². The van der Waals surface area contributed by atoms with E-state index < -0.39 is 0 Å². The molecule has 2 N–H and O–H groups in total. The third-order valence-electron chi connectivity index (χ3n) is 4.78. The smallest absolute Gasteiger partial charge is 0.251 e. The summed E-state index contributed by atoms with van der Waals surface area (Å²) < 4.78 is 0. The van der Waals surface area contributed by atoms with Crippen LogP contribution in [0.25, 0.3) is 0 Å². The van der Waals surface area contributed by atoms with Crippen molar-refractivity contribution in [2.75, 3.05) is 47.3 Å². The maximum Gasteiger partial charge on any atom is 0.251 e. The predicted octanol–water partition coefficient (Wildman–Crippen LogP) is 2.40. The molecule has 1 aliphatic rings. The molecule has 0 spiro atoms. The van der Waals surface area contributed by atoms with Crippen LogP contribution < -0.4 is 10.6 Å². The number of nitrogens with zero attached hydrogens (tertiary/aromatic N) is 3. The van der Waals surface area contributed by atoms with Crippen molar-refractivity contribution < 1.29 is 4.79 Å². The number of carbonyl (C=O) groups excluding carboxylic acids is 1. The Morgan fingerprint density at radius 1 is 1.26 bits per heavy atom. The molecule has 1 aromatic rings. The number of rotatable bonds is 6. The SMILES string of the molecule is CN=C(NCc1cccc(C(=O)NCCN(C)C)c1)N1CCC(C)CC1.I. The molecular formula is C20H34IN5O. The van der Waals surface area contributed by atoms with Gasteiger partial charge in [-0.3, -0.25) is 9.79 Å². The number of benzene rings is 1. The van der Waals surface area contributed by atoms with Crippen molar-refractivity contribution in [3.05, 3.63) is 35.4 Å². The molecule has 27 heavy (non-hydrogen) atoms. The number of hydrogen-bond donors (Lipinski definition) is 2. The number of likely N-dealkylation sites (tertiary alicyclic amines) is 1. The highest BCUT2D eigenvalue weighted by atomic mass is 127. The van der Waals surface area contributed by atoms with Crippen molar-refractivity contribution in [2.24, 2.45) is 10.9 Å². The Bertz CT molecular complexity index is 612. The molecule has 0 atom stereocenters. The van der Waals surface area contributed by atoms with Gasteiger partial charge in [-0.25, -0.2) is 0 Å². The van der Waals surface area contributed by atoms with Gasteiger partial charge in [-0.2, -0.15) is 0 Å². The molecule has 7 heteroatoms. The topological polar surface area (TPSA) is 60.0 Å². The molecule has 0 bridgehead atoms. The molecule has 0 radical (unpaired) electrons. The minimum atomic E-state index is -0.0249. The number of halogens is 1. The lowest BCUT2D eigenvalue weighted by molar-refractivity contribution is 0.0951. The van der Waals surface area contributed by atoms with Gasteiger partial charge < -0.3 is 20.4 Å². The van der Waals surface area contributed by atoms with E-state index in [0.717, 1.165) is 37.1 Å². The number of carbonyl (C=O) groups is 1. The van der Waals surface area contributed by atoms with E-state index in [1.54, 1.807) is 0 Å². The highest BCUT2D eigenvalue weighted by molar-refractivity contribution is 14.0. The van der Waals surface area contributed by atoms with Crippen LogP contribution in [0, 0.1) is 5.92 Å². The van der Waals surface area contributed by atoms with Crippen LogP contribution in [-0.2, 0) is 6.54 Å². The second-order valence-electron chi connectivity index (χ2n) is 7.33. The molecule has 6 nitrogen and oxygen atoms in total. The summed E-state index contributed by atoms with van der Waals surface area (Å²) in [7, 11) is 5.82. The summed E-state index contributed by atoms with van der Waals surface area (Å²) in [5.41, 5.74) is 1.78. The fraction of sp³-hybridized carbons (Fsp3) is 0.600. The Morgan fingerprint density at radius 2 is 1.96 bits per heavy atom. The van der Waals surface area contributed by atoms with Crippen molar-refractivity contribution in [3.63, 3.8) is 0 Å². The summed E-state index contributed by atoms with van der Waals surface area (Å²) in [5, 5.41) is 6.39. The number of piperidine rings is 1. The van der Waals surface area contributed by atoms with E-state index in [4.69, 9.17) is 0 Å². The van der Waals surface area contributed by atoms with Crippen LogP contribution in [0.15, 0.2) is 29.3 Å². The zero-order valence-corrected chi connectivity index (χ0v) is 19.3. The van der Waals surface area contributed by atoms with Gasteiger partial charge in [-0.05, 0) is 50.6 Å². The number of amides is 1. The average Bonchev–Trinajstić information content (AvgIpc) is 2.63. The number of hydrogen-bond acceptors (Lipinski definition) is 3. The van der Waals surface area contributed by atoms with Gasteiger partial charge in [0.05, 0.1) is 0 Å². The minimum absolute atomic E-state index is 0. The first-order valence-corrected chi connectivity index (χ1v) is 9.47. The fourth-order valence-electron chi connectivity index (χ4n) is 3.05.